The molecule has 1 heterocycles. The van der Waals surface area contributed by atoms with Crippen LogP contribution < -0.4 is 4.74 Å². The molecule has 0 saturated carbocycles. The lowest BCUT2D eigenvalue weighted by Crippen LogP contribution is -1.99. The molecule has 0 aliphatic carbocycles. The van der Waals surface area contributed by atoms with Crippen LogP contribution in [-0.4, -0.2) is 22.1 Å². The van der Waals surface area contributed by atoms with Gasteiger partial charge in [0.25, 0.3) is 0 Å². The Morgan fingerprint density at radius 1 is 1.18 bits per heavy atom. The first-order valence-corrected chi connectivity index (χ1v) is 4.89. The van der Waals surface area contributed by atoms with Crippen LogP contribution in [0.1, 0.15) is 0 Å². The first kappa shape index (κ1) is 11.7. The van der Waals surface area contributed by atoms with Gasteiger partial charge >= 0.3 is 6.01 Å². The summed E-state index contributed by atoms with van der Waals surface area (Å²) in [4.78, 5) is 11.1. The van der Waals surface area contributed by atoms with Crippen LogP contribution in [0.2, 0.25) is 5.28 Å². The number of benzene rings is 1. The summed E-state index contributed by atoms with van der Waals surface area (Å²) in [6.07, 6.45) is 0. The zero-order chi connectivity index (χ0) is 12.4. The lowest BCUT2D eigenvalue weighted by Gasteiger charge is -2.04. The Kier molecular flexibility index (Phi) is 3.14. The molecule has 4 nitrogen and oxygen atoms in total. The fourth-order valence-corrected chi connectivity index (χ4v) is 1.36. The molecule has 17 heavy (non-hydrogen) atoms. The van der Waals surface area contributed by atoms with E-state index >= 15 is 0 Å². The van der Waals surface area contributed by atoms with E-state index < -0.39 is 11.6 Å². The van der Waals surface area contributed by atoms with Gasteiger partial charge < -0.3 is 4.74 Å². The lowest BCUT2D eigenvalue weighted by atomic mass is 10.2. The first-order valence-electron chi connectivity index (χ1n) is 4.51. The van der Waals surface area contributed by atoms with Gasteiger partial charge in [-0.15, -0.1) is 0 Å². The second-order valence-corrected chi connectivity index (χ2v) is 3.38. The summed E-state index contributed by atoms with van der Waals surface area (Å²) in [7, 11) is 1.33. The molecule has 0 aliphatic rings. The highest BCUT2D eigenvalue weighted by atomic mass is 35.5. The van der Waals surface area contributed by atoms with E-state index in [2.05, 4.69) is 15.0 Å². The SMILES string of the molecule is COc1nc(Cl)nc(-c2cc(F)ccc2F)n1. The van der Waals surface area contributed by atoms with Gasteiger partial charge in [0.05, 0.1) is 12.7 Å². The number of hydrogen-bond donors (Lipinski definition) is 0. The first-order chi connectivity index (χ1) is 8.10. The third-order valence-corrected chi connectivity index (χ3v) is 2.11. The zero-order valence-corrected chi connectivity index (χ0v) is 9.37. The Morgan fingerprint density at radius 2 is 1.94 bits per heavy atom. The highest BCUT2D eigenvalue weighted by Crippen LogP contribution is 2.22. The molecule has 0 aliphatic heterocycles. The Balaban J connectivity index is 2.59. The number of nitrogens with zero attached hydrogens (tertiary/aromatic N) is 3. The molecule has 0 fully saturated rings. The number of halogens is 3. The van der Waals surface area contributed by atoms with Gasteiger partial charge in [0.15, 0.2) is 5.82 Å². The molecular formula is C10H6ClF2N3O. The molecule has 0 bridgehead atoms. The van der Waals surface area contributed by atoms with Crippen LogP contribution in [0.5, 0.6) is 6.01 Å². The van der Waals surface area contributed by atoms with E-state index in [1.54, 1.807) is 0 Å². The van der Waals surface area contributed by atoms with Crippen LogP contribution in [0, 0.1) is 11.6 Å². The van der Waals surface area contributed by atoms with E-state index in [-0.39, 0.29) is 22.7 Å². The van der Waals surface area contributed by atoms with E-state index in [0.29, 0.717) is 0 Å². The summed E-state index contributed by atoms with van der Waals surface area (Å²) in [5.41, 5.74) is -0.104. The topological polar surface area (TPSA) is 47.9 Å². The summed E-state index contributed by atoms with van der Waals surface area (Å²) in [5.74, 6) is -1.34. The molecule has 0 amide bonds. The molecule has 0 radical (unpaired) electrons. The van der Waals surface area contributed by atoms with Crippen LogP contribution in [-0.2, 0) is 0 Å². The predicted octanol–water partition coefficient (Wildman–Crippen LogP) is 2.48. The van der Waals surface area contributed by atoms with E-state index in [0.717, 1.165) is 18.2 Å². The molecule has 2 aromatic rings. The van der Waals surface area contributed by atoms with Crippen molar-refractivity contribution in [2.45, 2.75) is 0 Å². The highest BCUT2D eigenvalue weighted by Gasteiger charge is 2.12. The van der Waals surface area contributed by atoms with Crippen molar-refractivity contribution in [3.8, 4) is 17.4 Å². The summed E-state index contributed by atoms with van der Waals surface area (Å²) in [5, 5.41) is -0.157. The summed E-state index contributed by atoms with van der Waals surface area (Å²) in [6.45, 7) is 0. The summed E-state index contributed by atoms with van der Waals surface area (Å²) in [6, 6.07) is 2.89. The van der Waals surface area contributed by atoms with Crippen molar-refractivity contribution >= 4 is 11.6 Å². The molecule has 0 unspecified atom stereocenters. The fourth-order valence-electron chi connectivity index (χ4n) is 1.21. The van der Waals surface area contributed by atoms with E-state index in [1.165, 1.54) is 7.11 Å². The number of methoxy groups -OCH3 is 1. The van der Waals surface area contributed by atoms with Crippen LogP contribution in [0.3, 0.4) is 0 Å². The van der Waals surface area contributed by atoms with Crippen molar-refractivity contribution in [1.82, 2.24) is 15.0 Å². The number of hydrogen-bond acceptors (Lipinski definition) is 4. The zero-order valence-electron chi connectivity index (χ0n) is 8.62. The quantitative estimate of drug-likeness (QED) is 0.829. The van der Waals surface area contributed by atoms with Crippen LogP contribution in [0.15, 0.2) is 18.2 Å². The molecule has 0 saturated heterocycles. The molecule has 7 heteroatoms. The largest absolute Gasteiger partial charge is 0.467 e. The van der Waals surface area contributed by atoms with Crippen molar-refractivity contribution in [1.29, 1.82) is 0 Å². The average Bonchev–Trinajstić information content (AvgIpc) is 2.31. The normalized spacial score (nSPS) is 10.4. The molecule has 88 valence electrons. The Hall–Kier alpha value is -1.82. The summed E-state index contributed by atoms with van der Waals surface area (Å²) < 4.78 is 31.2. The van der Waals surface area contributed by atoms with Crippen molar-refractivity contribution < 1.29 is 13.5 Å². The minimum Gasteiger partial charge on any atom is -0.467 e. The van der Waals surface area contributed by atoms with Gasteiger partial charge in [0.1, 0.15) is 11.6 Å². The minimum atomic E-state index is -0.657. The smallest absolute Gasteiger partial charge is 0.321 e. The molecule has 0 spiro atoms. The van der Waals surface area contributed by atoms with Crippen molar-refractivity contribution in [2.75, 3.05) is 7.11 Å². The Bertz CT molecular complexity index is 565. The monoisotopic (exact) mass is 257 g/mol. The van der Waals surface area contributed by atoms with Gasteiger partial charge in [0.2, 0.25) is 5.28 Å². The van der Waals surface area contributed by atoms with Gasteiger partial charge in [0, 0.05) is 0 Å². The van der Waals surface area contributed by atoms with Gasteiger partial charge in [-0.3, -0.25) is 0 Å². The molecule has 1 aromatic heterocycles. The van der Waals surface area contributed by atoms with Gasteiger partial charge in [-0.05, 0) is 29.8 Å². The van der Waals surface area contributed by atoms with Gasteiger partial charge in [-0.2, -0.15) is 15.0 Å². The minimum absolute atomic E-state index is 0.0661. The van der Waals surface area contributed by atoms with E-state index in [1.807, 2.05) is 0 Å². The third-order valence-electron chi connectivity index (χ3n) is 1.94. The number of rotatable bonds is 2. The van der Waals surface area contributed by atoms with Crippen molar-refractivity contribution in [3.05, 3.63) is 35.1 Å². The van der Waals surface area contributed by atoms with Crippen LogP contribution in [0.25, 0.3) is 11.4 Å². The molecule has 0 N–H and O–H groups in total. The predicted molar refractivity (Wildman–Crippen MR) is 56.7 cm³/mol. The fraction of sp³-hybridized carbons (Fsp3) is 0.100. The molecule has 2 rings (SSSR count). The average molecular weight is 258 g/mol. The lowest BCUT2D eigenvalue weighted by molar-refractivity contribution is 0.378. The Morgan fingerprint density at radius 3 is 2.65 bits per heavy atom. The van der Waals surface area contributed by atoms with Crippen molar-refractivity contribution in [3.63, 3.8) is 0 Å². The Labute approximate surface area is 100 Å². The van der Waals surface area contributed by atoms with Gasteiger partial charge in [-0.25, -0.2) is 8.78 Å². The second-order valence-electron chi connectivity index (χ2n) is 3.04. The maximum atomic E-state index is 13.5. The van der Waals surface area contributed by atoms with E-state index in [9.17, 15) is 8.78 Å². The van der Waals surface area contributed by atoms with Crippen LogP contribution >= 0.6 is 11.6 Å². The molecule has 0 atom stereocenters. The number of ether oxygens (including phenoxy) is 1. The maximum absolute atomic E-state index is 13.5. The third kappa shape index (κ3) is 2.47. The number of aromatic nitrogens is 3. The highest BCUT2D eigenvalue weighted by molar-refractivity contribution is 6.28. The van der Waals surface area contributed by atoms with Crippen LogP contribution in [0.4, 0.5) is 8.78 Å². The standard InChI is InChI=1S/C10H6ClF2N3O/c1-17-10-15-8(14-9(11)16-10)6-4-5(12)2-3-7(6)13/h2-4H,1H3. The second kappa shape index (κ2) is 4.58. The maximum Gasteiger partial charge on any atom is 0.321 e. The molecule has 1 aromatic carbocycles. The molecular weight excluding hydrogens is 252 g/mol. The van der Waals surface area contributed by atoms with E-state index in [4.69, 9.17) is 16.3 Å². The van der Waals surface area contributed by atoms with Crippen molar-refractivity contribution in [2.24, 2.45) is 0 Å². The summed E-state index contributed by atoms with van der Waals surface area (Å²) >= 11 is 5.61. The van der Waals surface area contributed by atoms with Gasteiger partial charge in [-0.1, -0.05) is 0 Å².